The third-order valence-electron chi connectivity index (χ3n) is 6.53. The van der Waals surface area contributed by atoms with E-state index < -0.39 is 67.5 Å². The Bertz CT molecular complexity index is 1630. The van der Waals surface area contributed by atoms with E-state index in [-0.39, 0.29) is 29.5 Å². The van der Waals surface area contributed by atoms with Crippen LogP contribution in [-0.4, -0.2) is 49.4 Å². The number of hydrogen-bond acceptors (Lipinski definition) is 5. The summed E-state index contributed by atoms with van der Waals surface area (Å²) in [5.74, 6) is -2.75. The third kappa shape index (κ3) is 8.63. The van der Waals surface area contributed by atoms with E-state index in [0.29, 0.717) is 0 Å². The van der Waals surface area contributed by atoms with Gasteiger partial charge >= 0.3 is 26.5 Å². The van der Waals surface area contributed by atoms with Gasteiger partial charge in [-0.15, -0.1) is 0 Å². The van der Waals surface area contributed by atoms with Crippen molar-refractivity contribution in [3.05, 3.63) is 107 Å². The first kappa shape index (κ1) is 35.6. The number of rotatable bonds is 13. The molecule has 0 radical (unpaired) electrons. The van der Waals surface area contributed by atoms with Crippen molar-refractivity contribution in [1.29, 1.82) is 0 Å². The maximum Gasteiger partial charge on any atom is 0.399 e. The molecule has 8 N–H and O–H groups in total. The highest BCUT2D eigenvalue weighted by Crippen LogP contribution is 2.60. The van der Waals surface area contributed by atoms with Crippen LogP contribution in [0.2, 0.25) is 0 Å². The molecule has 0 aromatic heterocycles. The molecule has 0 fully saturated rings. The van der Waals surface area contributed by atoms with Gasteiger partial charge in [0.2, 0.25) is 11.8 Å². The number of amides is 3. The van der Waals surface area contributed by atoms with Crippen LogP contribution < -0.4 is 16.4 Å². The maximum absolute atomic E-state index is 14.1. The van der Waals surface area contributed by atoms with Gasteiger partial charge in [0.25, 0.3) is 5.91 Å². The average molecular weight is 675 g/mol. The molecule has 0 spiro atoms. The number of nitrogens with one attached hydrogen (secondary N) is 2. The number of benzene rings is 3. The lowest BCUT2D eigenvalue weighted by Gasteiger charge is -2.23. The molecular formula is C27H27F4N3O9P2. The fraction of sp³-hybridized carbons (Fsp3) is 0.222. The predicted octanol–water partition coefficient (Wildman–Crippen LogP) is 2.69. The Labute approximate surface area is 253 Å². The SMILES string of the molecule is NC(=O)C(Cc1ccc(C(F)(F)P(=O)(O)O)cc1)NC(=O)[C@@H](Cc1ccc(C(F)(F)P(=O)(O)O)cc1)NC(=O)c1ccccc1. The van der Waals surface area contributed by atoms with E-state index in [1.54, 1.807) is 18.2 Å². The molecule has 3 aromatic rings. The first-order chi connectivity index (χ1) is 20.7. The first-order valence-corrected chi connectivity index (χ1v) is 16.0. The van der Waals surface area contributed by atoms with E-state index in [1.807, 2.05) is 0 Å². The molecule has 2 atom stereocenters. The summed E-state index contributed by atoms with van der Waals surface area (Å²) in [6.45, 7) is 0. The van der Waals surface area contributed by atoms with Gasteiger partial charge in [0.1, 0.15) is 12.1 Å². The van der Waals surface area contributed by atoms with Crippen LogP contribution in [0.4, 0.5) is 17.6 Å². The van der Waals surface area contributed by atoms with Crippen LogP contribution >= 0.6 is 15.2 Å². The molecule has 18 heteroatoms. The molecule has 0 aliphatic rings. The molecule has 0 bridgehead atoms. The Hall–Kier alpha value is -3.91. The lowest BCUT2D eigenvalue weighted by atomic mass is 10.0. The van der Waals surface area contributed by atoms with Crippen LogP contribution in [-0.2, 0) is 42.9 Å². The summed E-state index contributed by atoms with van der Waals surface area (Å²) in [5.41, 5.74) is -5.04. The van der Waals surface area contributed by atoms with Crippen LogP contribution in [0, 0.1) is 0 Å². The van der Waals surface area contributed by atoms with Crippen LogP contribution in [0.15, 0.2) is 78.9 Å². The molecule has 0 aliphatic heterocycles. The van der Waals surface area contributed by atoms with Crippen LogP contribution in [0.25, 0.3) is 0 Å². The number of alkyl halides is 4. The number of carbonyl (C=O) groups excluding carboxylic acids is 3. The first-order valence-electron chi connectivity index (χ1n) is 12.8. The summed E-state index contributed by atoms with van der Waals surface area (Å²) in [6.07, 6.45) is -0.696. The van der Waals surface area contributed by atoms with Gasteiger partial charge in [0.05, 0.1) is 0 Å². The summed E-state index contributed by atoms with van der Waals surface area (Å²) in [5, 5.41) is 4.81. The largest absolute Gasteiger partial charge is 0.399 e. The lowest BCUT2D eigenvalue weighted by Crippen LogP contribution is -2.54. The minimum absolute atomic E-state index is 0.144. The number of hydrogen-bond donors (Lipinski definition) is 7. The van der Waals surface area contributed by atoms with Crippen LogP contribution in [0.5, 0.6) is 0 Å². The second-order valence-corrected chi connectivity index (χ2v) is 13.1. The molecule has 3 rings (SSSR count). The zero-order chi connectivity index (χ0) is 33.8. The minimum atomic E-state index is -5.85. The normalized spacial score (nSPS) is 13.9. The topological polar surface area (TPSA) is 216 Å². The Kier molecular flexibility index (Phi) is 10.8. The van der Waals surface area contributed by atoms with Gasteiger partial charge < -0.3 is 35.9 Å². The molecule has 12 nitrogen and oxygen atoms in total. The summed E-state index contributed by atoms with van der Waals surface area (Å²) < 4.78 is 78.4. The molecule has 1 unspecified atom stereocenters. The van der Waals surface area contributed by atoms with Crippen molar-refractivity contribution >= 4 is 32.9 Å². The van der Waals surface area contributed by atoms with Crippen molar-refractivity contribution < 1.29 is 60.6 Å². The fourth-order valence-corrected chi connectivity index (χ4v) is 5.00. The smallest absolute Gasteiger partial charge is 0.368 e. The Morgan fingerprint density at radius 3 is 1.44 bits per heavy atom. The highest BCUT2D eigenvalue weighted by molar-refractivity contribution is 7.52. The van der Waals surface area contributed by atoms with E-state index in [4.69, 9.17) is 25.3 Å². The highest BCUT2D eigenvalue weighted by atomic mass is 31.2. The van der Waals surface area contributed by atoms with Crippen LogP contribution in [0.3, 0.4) is 0 Å². The van der Waals surface area contributed by atoms with Crippen molar-refractivity contribution in [3.63, 3.8) is 0 Å². The molecule has 242 valence electrons. The van der Waals surface area contributed by atoms with Gasteiger partial charge in [0.15, 0.2) is 0 Å². The third-order valence-corrected chi connectivity index (χ3v) is 8.51. The van der Waals surface area contributed by atoms with E-state index in [0.717, 1.165) is 48.5 Å². The molecule has 0 saturated heterocycles. The zero-order valence-corrected chi connectivity index (χ0v) is 24.7. The second kappa shape index (κ2) is 13.6. The van der Waals surface area contributed by atoms with Crippen molar-refractivity contribution in [2.24, 2.45) is 5.73 Å². The molecule has 0 aliphatic carbocycles. The maximum atomic E-state index is 14.1. The van der Waals surface area contributed by atoms with Gasteiger partial charge in [-0.1, -0.05) is 66.7 Å². The number of primary amides is 1. The Balaban J connectivity index is 1.84. The molecule has 45 heavy (non-hydrogen) atoms. The molecule has 0 saturated carbocycles. The monoisotopic (exact) mass is 675 g/mol. The van der Waals surface area contributed by atoms with E-state index in [2.05, 4.69) is 10.6 Å². The molecular weight excluding hydrogens is 648 g/mol. The van der Waals surface area contributed by atoms with Crippen LogP contribution in [0.1, 0.15) is 32.6 Å². The predicted molar refractivity (Wildman–Crippen MR) is 151 cm³/mol. The highest BCUT2D eigenvalue weighted by Gasteiger charge is 2.51. The van der Waals surface area contributed by atoms with Gasteiger partial charge in [-0.3, -0.25) is 23.5 Å². The standard InChI is InChI=1S/C27H27F4N3O9P2/c28-26(29,44(38,39)40)19-10-6-16(7-11-19)14-21(23(32)35)33-25(37)22(34-24(36)18-4-2-1-3-5-18)15-17-8-12-20(13-9-17)27(30,31)45(41,42)43/h1-13,21-22H,14-15H2,(H2,32,35)(H,33,37)(H,34,36)(H2,38,39,40)(H2,41,42,43)/t21?,22-/m1/s1. The van der Waals surface area contributed by atoms with Crippen molar-refractivity contribution in [2.75, 3.05) is 0 Å². The quantitative estimate of drug-likeness (QED) is 0.105. The number of halogens is 4. The van der Waals surface area contributed by atoms with Crippen molar-refractivity contribution in [3.8, 4) is 0 Å². The van der Waals surface area contributed by atoms with Gasteiger partial charge in [-0.05, 0) is 23.3 Å². The zero-order valence-electron chi connectivity index (χ0n) is 22.9. The average Bonchev–Trinajstić information content (AvgIpc) is 2.96. The van der Waals surface area contributed by atoms with E-state index in [9.17, 15) is 41.1 Å². The summed E-state index contributed by atoms with van der Waals surface area (Å²) in [6, 6.07) is 11.9. The minimum Gasteiger partial charge on any atom is -0.368 e. The molecule has 0 heterocycles. The van der Waals surface area contributed by atoms with Crippen molar-refractivity contribution in [2.45, 2.75) is 36.3 Å². The molecule has 3 aromatic carbocycles. The summed E-state index contributed by atoms with van der Waals surface area (Å²) in [7, 11) is -11.7. The Morgan fingerprint density at radius 2 is 1.07 bits per heavy atom. The van der Waals surface area contributed by atoms with Gasteiger partial charge in [0, 0.05) is 29.5 Å². The Morgan fingerprint density at radius 1 is 0.667 bits per heavy atom. The van der Waals surface area contributed by atoms with E-state index in [1.165, 1.54) is 12.1 Å². The fourth-order valence-electron chi connectivity index (χ4n) is 4.03. The van der Waals surface area contributed by atoms with Gasteiger partial charge in [-0.2, -0.15) is 17.6 Å². The van der Waals surface area contributed by atoms with Gasteiger partial charge in [-0.25, -0.2) is 0 Å². The van der Waals surface area contributed by atoms with Crippen molar-refractivity contribution in [1.82, 2.24) is 10.6 Å². The number of nitrogens with two attached hydrogens (primary N) is 1. The van der Waals surface area contributed by atoms with E-state index >= 15 is 0 Å². The lowest BCUT2D eigenvalue weighted by molar-refractivity contribution is -0.128. The molecule has 3 amide bonds. The second-order valence-electron chi connectivity index (χ2n) is 9.83. The summed E-state index contributed by atoms with van der Waals surface area (Å²) >= 11 is 0. The summed E-state index contributed by atoms with van der Waals surface area (Å²) in [4.78, 5) is 74.2. The number of carbonyl (C=O) groups is 3.